The maximum absolute atomic E-state index is 11.3. The SMILES string of the molecule is CNCCOc1cccc(OC(=O)N(C)C)c1. The predicted molar refractivity (Wildman–Crippen MR) is 65.6 cm³/mol. The molecule has 0 saturated heterocycles. The summed E-state index contributed by atoms with van der Waals surface area (Å²) in [5.74, 6) is 1.16. The van der Waals surface area contributed by atoms with Crippen molar-refractivity contribution in [2.75, 3.05) is 34.3 Å². The van der Waals surface area contributed by atoms with Gasteiger partial charge in [-0.3, -0.25) is 0 Å². The van der Waals surface area contributed by atoms with Crippen molar-refractivity contribution in [3.8, 4) is 11.5 Å². The van der Waals surface area contributed by atoms with E-state index >= 15 is 0 Å². The van der Waals surface area contributed by atoms with Crippen LogP contribution < -0.4 is 14.8 Å². The Balaban J connectivity index is 2.56. The molecule has 1 aromatic rings. The van der Waals surface area contributed by atoms with Gasteiger partial charge >= 0.3 is 6.09 Å². The van der Waals surface area contributed by atoms with Gasteiger partial charge in [0, 0.05) is 26.7 Å². The van der Waals surface area contributed by atoms with Crippen LogP contribution in [-0.2, 0) is 0 Å². The molecule has 1 amide bonds. The third-order valence-corrected chi connectivity index (χ3v) is 2.00. The number of rotatable bonds is 5. The van der Waals surface area contributed by atoms with Gasteiger partial charge in [-0.2, -0.15) is 0 Å². The fraction of sp³-hybridized carbons (Fsp3) is 0.417. The van der Waals surface area contributed by atoms with E-state index in [4.69, 9.17) is 9.47 Å². The van der Waals surface area contributed by atoms with Gasteiger partial charge in [0.15, 0.2) is 0 Å². The number of amides is 1. The summed E-state index contributed by atoms with van der Waals surface area (Å²) in [4.78, 5) is 12.7. The molecule has 0 saturated carbocycles. The van der Waals surface area contributed by atoms with Crippen molar-refractivity contribution in [3.05, 3.63) is 24.3 Å². The smallest absolute Gasteiger partial charge is 0.414 e. The molecule has 1 N–H and O–H groups in total. The Bertz CT molecular complexity index is 367. The van der Waals surface area contributed by atoms with Gasteiger partial charge in [0.1, 0.15) is 18.1 Å². The summed E-state index contributed by atoms with van der Waals surface area (Å²) in [5, 5.41) is 2.98. The van der Waals surface area contributed by atoms with Crippen LogP contribution in [0.5, 0.6) is 11.5 Å². The molecule has 0 aliphatic rings. The van der Waals surface area contributed by atoms with E-state index < -0.39 is 6.09 Å². The number of carbonyl (C=O) groups excluding carboxylic acids is 1. The van der Waals surface area contributed by atoms with Gasteiger partial charge in [0.25, 0.3) is 0 Å². The van der Waals surface area contributed by atoms with Crippen molar-refractivity contribution in [2.24, 2.45) is 0 Å². The molecule has 0 aromatic heterocycles. The maximum atomic E-state index is 11.3. The van der Waals surface area contributed by atoms with Gasteiger partial charge < -0.3 is 19.7 Å². The van der Waals surface area contributed by atoms with Crippen LogP contribution in [0.15, 0.2) is 24.3 Å². The molecule has 1 rings (SSSR count). The molecule has 0 aliphatic carbocycles. The molecule has 5 nitrogen and oxygen atoms in total. The zero-order chi connectivity index (χ0) is 12.7. The highest BCUT2D eigenvalue weighted by molar-refractivity contribution is 5.70. The van der Waals surface area contributed by atoms with Crippen LogP contribution in [0.1, 0.15) is 0 Å². The molecule has 0 bridgehead atoms. The lowest BCUT2D eigenvalue weighted by Gasteiger charge is -2.11. The van der Waals surface area contributed by atoms with Crippen molar-refractivity contribution in [1.29, 1.82) is 0 Å². The summed E-state index contributed by atoms with van der Waals surface area (Å²) < 4.78 is 10.6. The van der Waals surface area contributed by atoms with Gasteiger partial charge in [-0.15, -0.1) is 0 Å². The molecule has 0 fully saturated rings. The van der Waals surface area contributed by atoms with Crippen molar-refractivity contribution >= 4 is 6.09 Å². The van der Waals surface area contributed by atoms with Crippen LogP contribution >= 0.6 is 0 Å². The molecule has 0 spiro atoms. The lowest BCUT2D eigenvalue weighted by molar-refractivity contribution is 0.171. The lowest BCUT2D eigenvalue weighted by atomic mass is 10.3. The quantitative estimate of drug-likeness (QED) is 0.787. The Morgan fingerprint density at radius 2 is 2.06 bits per heavy atom. The van der Waals surface area contributed by atoms with Crippen LogP contribution in [-0.4, -0.2) is 45.3 Å². The first-order valence-electron chi connectivity index (χ1n) is 5.40. The first-order valence-corrected chi connectivity index (χ1v) is 5.40. The Hall–Kier alpha value is -1.75. The van der Waals surface area contributed by atoms with Crippen molar-refractivity contribution in [3.63, 3.8) is 0 Å². The van der Waals surface area contributed by atoms with Gasteiger partial charge in [-0.05, 0) is 19.2 Å². The fourth-order valence-corrected chi connectivity index (χ4v) is 1.09. The number of hydrogen-bond acceptors (Lipinski definition) is 4. The number of likely N-dealkylation sites (N-methyl/N-ethyl adjacent to an activating group) is 1. The van der Waals surface area contributed by atoms with E-state index in [0.717, 1.165) is 6.54 Å². The van der Waals surface area contributed by atoms with E-state index in [1.807, 2.05) is 13.1 Å². The second kappa shape index (κ2) is 6.75. The van der Waals surface area contributed by atoms with E-state index in [2.05, 4.69) is 5.32 Å². The summed E-state index contributed by atoms with van der Waals surface area (Å²) >= 11 is 0. The summed E-state index contributed by atoms with van der Waals surface area (Å²) in [6, 6.07) is 7.01. The maximum Gasteiger partial charge on any atom is 0.414 e. The van der Waals surface area contributed by atoms with E-state index in [1.54, 1.807) is 32.3 Å². The number of benzene rings is 1. The summed E-state index contributed by atoms with van der Waals surface area (Å²) in [5.41, 5.74) is 0. The minimum Gasteiger partial charge on any atom is -0.492 e. The van der Waals surface area contributed by atoms with Crippen LogP contribution in [0.3, 0.4) is 0 Å². The molecule has 1 aromatic carbocycles. The minimum absolute atomic E-state index is 0.405. The molecule has 0 radical (unpaired) electrons. The average molecular weight is 238 g/mol. The summed E-state index contributed by atoms with van der Waals surface area (Å²) in [6.07, 6.45) is -0.405. The molecule has 0 aliphatic heterocycles. The Morgan fingerprint density at radius 3 is 2.71 bits per heavy atom. The number of carbonyl (C=O) groups is 1. The molecule has 94 valence electrons. The van der Waals surface area contributed by atoms with Crippen LogP contribution in [0, 0.1) is 0 Å². The fourth-order valence-electron chi connectivity index (χ4n) is 1.09. The highest BCUT2D eigenvalue weighted by Gasteiger charge is 2.07. The van der Waals surface area contributed by atoms with Gasteiger partial charge in [0.2, 0.25) is 0 Å². The van der Waals surface area contributed by atoms with Gasteiger partial charge in [-0.1, -0.05) is 6.07 Å². The number of ether oxygens (including phenoxy) is 2. The first kappa shape index (κ1) is 13.3. The predicted octanol–water partition coefficient (Wildman–Crippen LogP) is 1.35. The standard InChI is InChI=1S/C12H18N2O3/c1-13-7-8-16-10-5-4-6-11(9-10)17-12(15)14(2)3/h4-6,9,13H,7-8H2,1-3H3. The van der Waals surface area contributed by atoms with Crippen molar-refractivity contribution < 1.29 is 14.3 Å². The Morgan fingerprint density at radius 1 is 1.35 bits per heavy atom. The highest BCUT2D eigenvalue weighted by atomic mass is 16.6. The van der Waals surface area contributed by atoms with Crippen molar-refractivity contribution in [2.45, 2.75) is 0 Å². The van der Waals surface area contributed by atoms with Crippen LogP contribution in [0.2, 0.25) is 0 Å². The molecule has 5 heteroatoms. The molecular formula is C12H18N2O3. The first-order chi connectivity index (χ1) is 8.13. The largest absolute Gasteiger partial charge is 0.492 e. The monoisotopic (exact) mass is 238 g/mol. The number of nitrogens with zero attached hydrogens (tertiary/aromatic N) is 1. The van der Waals surface area contributed by atoms with Crippen LogP contribution in [0.25, 0.3) is 0 Å². The highest BCUT2D eigenvalue weighted by Crippen LogP contribution is 2.19. The number of hydrogen-bond donors (Lipinski definition) is 1. The van der Waals surface area contributed by atoms with Gasteiger partial charge in [0.05, 0.1) is 0 Å². The molecule has 0 atom stereocenters. The number of nitrogens with one attached hydrogen (secondary N) is 1. The lowest BCUT2D eigenvalue weighted by Crippen LogP contribution is -2.25. The molecular weight excluding hydrogens is 220 g/mol. The zero-order valence-electron chi connectivity index (χ0n) is 10.4. The second-order valence-corrected chi connectivity index (χ2v) is 3.69. The van der Waals surface area contributed by atoms with E-state index in [9.17, 15) is 4.79 Å². The van der Waals surface area contributed by atoms with Crippen molar-refractivity contribution in [1.82, 2.24) is 10.2 Å². The second-order valence-electron chi connectivity index (χ2n) is 3.69. The van der Waals surface area contributed by atoms with E-state index in [1.165, 1.54) is 4.90 Å². The third-order valence-electron chi connectivity index (χ3n) is 2.00. The molecule has 17 heavy (non-hydrogen) atoms. The third kappa shape index (κ3) is 4.74. The summed E-state index contributed by atoms with van der Waals surface area (Å²) in [7, 11) is 5.13. The van der Waals surface area contributed by atoms with Gasteiger partial charge in [-0.25, -0.2) is 4.79 Å². The summed E-state index contributed by atoms with van der Waals surface area (Å²) in [6.45, 7) is 1.34. The minimum atomic E-state index is -0.405. The normalized spacial score (nSPS) is 9.82. The Kier molecular flexibility index (Phi) is 5.29. The molecule has 0 unspecified atom stereocenters. The average Bonchev–Trinajstić information content (AvgIpc) is 2.30. The van der Waals surface area contributed by atoms with Crippen LogP contribution in [0.4, 0.5) is 4.79 Å². The topological polar surface area (TPSA) is 50.8 Å². The van der Waals surface area contributed by atoms with E-state index in [0.29, 0.717) is 18.1 Å². The Labute approximate surface area is 101 Å². The zero-order valence-corrected chi connectivity index (χ0v) is 10.4. The van der Waals surface area contributed by atoms with E-state index in [-0.39, 0.29) is 0 Å². The molecule has 0 heterocycles.